The van der Waals surface area contributed by atoms with Gasteiger partial charge in [0.1, 0.15) is 17.8 Å². The fraction of sp³-hybridized carbons (Fsp3) is 0.562. The fourth-order valence-electron chi connectivity index (χ4n) is 3.05. The standard InChI is InChI=1S/C16H22F2N2O/c1-5-14(9(2)3)20-15(19-10(4)16(20)21)12-7-6-11(17)8-13(12)18/h6-10,14-15,19H,5H2,1-4H3. The molecule has 1 fully saturated rings. The lowest BCUT2D eigenvalue weighted by atomic mass is 9.98. The van der Waals surface area contributed by atoms with E-state index in [4.69, 9.17) is 0 Å². The van der Waals surface area contributed by atoms with Crippen molar-refractivity contribution in [1.29, 1.82) is 0 Å². The Balaban J connectivity index is 2.42. The minimum absolute atomic E-state index is 0.0180. The van der Waals surface area contributed by atoms with Gasteiger partial charge in [-0.15, -0.1) is 0 Å². The van der Waals surface area contributed by atoms with Crippen molar-refractivity contribution in [3.8, 4) is 0 Å². The second kappa shape index (κ2) is 6.10. The Morgan fingerprint density at radius 1 is 1.33 bits per heavy atom. The fourth-order valence-corrected chi connectivity index (χ4v) is 3.05. The molecule has 0 bridgehead atoms. The molecule has 0 saturated carbocycles. The van der Waals surface area contributed by atoms with Gasteiger partial charge in [0.05, 0.1) is 6.04 Å². The predicted molar refractivity (Wildman–Crippen MR) is 77.5 cm³/mol. The van der Waals surface area contributed by atoms with Crippen molar-refractivity contribution in [2.75, 3.05) is 0 Å². The summed E-state index contributed by atoms with van der Waals surface area (Å²) >= 11 is 0. The van der Waals surface area contributed by atoms with Crippen LogP contribution in [0.2, 0.25) is 0 Å². The van der Waals surface area contributed by atoms with Crippen molar-refractivity contribution in [3.63, 3.8) is 0 Å². The van der Waals surface area contributed by atoms with E-state index in [9.17, 15) is 13.6 Å². The molecule has 3 nitrogen and oxygen atoms in total. The van der Waals surface area contributed by atoms with Crippen LogP contribution in [0.4, 0.5) is 8.78 Å². The lowest BCUT2D eigenvalue weighted by Gasteiger charge is -2.35. The van der Waals surface area contributed by atoms with Crippen LogP contribution in [-0.2, 0) is 4.79 Å². The Hall–Kier alpha value is -1.49. The van der Waals surface area contributed by atoms with Crippen LogP contribution in [0.5, 0.6) is 0 Å². The average Bonchev–Trinajstić information content (AvgIpc) is 2.68. The number of carbonyl (C=O) groups is 1. The highest BCUT2D eigenvalue weighted by Crippen LogP contribution is 2.32. The summed E-state index contributed by atoms with van der Waals surface area (Å²) in [5.74, 6) is -1.02. The van der Waals surface area contributed by atoms with Crippen LogP contribution in [0, 0.1) is 17.6 Å². The maximum Gasteiger partial charge on any atom is 0.241 e. The summed E-state index contributed by atoms with van der Waals surface area (Å²) in [7, 11) is 0. The van der Waals surface area contributed by atoms with E-state index in [1.165, 1.54) is 12.1 Å². The van der Waals surface area contributed by atoms with Gasteiger partial charge in [0.2, 0.25) is 5.91 Å². The summed E-state index contributed by atoms with van der Waals surface area (Å²) in [6.07, 6.45) is 0.248. The molecule has 21 heavy (non-hydrogen) atoms. The summed E-state index contributed by atoms with van der Waals surface area (Å²) in [5, 5.41) is 3.11. The van der Waals surface area contributed by atoms with E-state index in [1.807, 2.05) is 20.8 Å². The number of hydrogen-bond donors (Lipinski definition) is 1. The summed E-state index contributed by atoms with van der Waals surface area (Å²) in [6, 6.07) is 3.14. The smallest absolute Gasteiger partial charge is 0.241 e. The molecule has 1 saturated heterocycles. The molecule has 1 heterocycles. The lowest BCUT2D eigenvalue weighted by Crippen LogP contribution is -2.42. The Bertz CT molecular complexity index is 533. The number of nitrogens with zero attached hydrogens (tertiary/aromatic N) is 1. The maximum atomic E-state index is 14.1. The van der Waals surface area contributed by atoms with Crippen molar-refractivity contribution < 1.29 is 13.6 Å². The monoisotopic (exact) mass is 296 g/mol. The molecule has 1 amide bonds. The first-order valence-electron chi connectivity index (χ1n) is 7.40. The molecule has 0 radical (unpaired) electrons. The van der Waals surface area contributed by atoms with Crippen molar-refractivity contribution in [2.24, 2.45) is 5.92 Å². The highest BCUT2D eigenvalue weighted by atomic mass is 19.1. The third-order valence-electron chi connectivity index (χ3n) is 4.11. The van der Waals surface area contributed by atoms with Gasteiger partial charge < -0.3 is 4.90 Å². The van der Waals surface area contributed by atoms with Gasteiger partial charge in [0.15, 0.2) is 0 Å². The van der Waals surface area contributed by atoms with Crippen LogP contribution < -0.4 is 5.32 Å². The van der Waals surface area contributed by atoms with E-state index in [-0.39, 0.29) is 23.9 Å². The molecule has 5 heteroatoms. The average molecular weight is 296 g/mol. The predicted octanol–water partition coefficient (Wildman–Crippen LogP) is 3.22. The minimum Gasteiger partial charge on any atom is -0.318 e. The SMILES string of the molecule is CCC(C(C)C)N1C(=O)C(C)NC1c1ccc(F)cc1F. The molecule has 1 aliphatic heterocycles. The zero-order chi connectivity index (χ0) is 15.7. The molecule has 0 aromatic heterocycles. The van der Waals surface area contributed by atoms with Crippen LogP contribution in [-0.4, -0.2) is 22.9 Å². The Labute approximate surface area is 124 Å². The minimum atomic E-state index is -0.627. The van der Waals surface area contributed by atoms with E-state index in [1.54, 1.807) is 11.8 Å². The van der Waals surface area contributed by atoms with Gasteiger partial charge in [0, 0.05) is 17.7 Å². The van der Waals surface area contributed by atoms with E-state index in [0.717, 1.165) is 12.5 Å². The van der Waals surface area contributed by atoms with Gasteiger partial charge in [-0.2, -0.15) is 0 Å². The molecule has 2 rings (SSSR count). The van der Waals surface area contributed by atoms with Gasteiger partial charge in [-0.3, -0.25) is 10.1 Å². The highest BCUT2D eigenvalue weighted by molar-refractivity contribution is 5.84. The van der Waals surface area contributed by atoms with Crippen molar-refractivity contribution in [1.82, 2.24) is 10.2 Å². The molecular weight excluding hydrogens is 274 g/mol. The van der Waals surface area contributed by atoms with Crippen LogP contribution in [0.3, 0.4) is 0 Å². The zero-order valence-electron chi connectivity index (χ0n) is 12.9. The van der Waals surface area contributed by atoms with Gasteiger partial charge >= 0.3 is 0 Å². The molecule has 0 spiro atoms. The van der Waals surface area contributed by atoms with Crippen molar-refractivity contribution in [3.05, 3.63) is 35.4 Å². The number of hydrogen-bond acceptors (Lipinski definition) is 2. The molecule has 116 valence electrons. The molecule has 1 N–H and O–H groups in total. The van der Waals surface area contributed by atoms with Gasteiger partial charge in [-0.05, 0) is 31.4 Å². The van der Waals surface area contributed by atoms with E-state index in [0.29, 0.717) is 5.56 Å². The largest absolute Gasteiger partial charge is 0.318 e. The number of amides is 1. The maximum absolute atomic E-state index is 14.1. The first-order chi connectivity index (χ1) is 9.86. The van der Waals surface area contributed by atoms with E-state index < -0.39 is 17.8 Å². The Morgan fingerprint density at radius 3 is 2.52 bits per heavy atom. The van der Waals surface area contributed by atoms with Crippen LogP contribution in [0.1, 0.15) is 45.8 Å². The molecule has 0 aliphatic carbocycles. The van der Waals surface area contributed by atoms with Gasteiger partial charge in [-0.25, -0.2) is 8.78 Å². The Morgan fingerprint density at radius 2 is 2.00 bits per heavy atom. The quantitative estimate of drug-likeness (QED) is 0.925. The normalized spacial score (nSPS) is 24.0. The van der Waals surface area contributed by atoms with E-state index >= 15 is 0 Å². The number of halogens is 2. The third kappa shape index (κ3) is 2.93. The third-order valence-corrected chi connectivity index (χ3v) is 4.11. The van der Waals surface area contributed by atoms with Crippen LogP contribution in [0.15, 0.2) is 18.2 Å². The summed E-state index contributed by atoms with van der Waals surface area (Å²) < 4.78 is 27.2. The first-order valence-corrected chi connectivity index (χ1v) is 7.40. The number of rotatable bonds is 4. The Kier molecular flexibility index (Phi) is 4.61. The second-order valence-electron chi connectivity index (χ2n) is 5.92. The van der Waals surface area contributed by atoms with E-state index in [2.05, 4.69) is 5.32 Å². The van der Waals surface area contributed by atoms with Gasteiger partial charge in [-0.1, -0.05) is 20.8 Å². The summed E-state index contributed by atoms with van der Waals surface area (Å²) in [5.41, 5.74) is 0.313. The molecule has 3 unspecified atom stereocenters. The number of benzene rings is 1. The van der Waals surface area contributed by atoms with Crippen molar-refractivity contribution in [2.45, 2.75) is 52.4 Å². The zero-order valence-corrected chi connectivity index (χ0v) is 12.9. The molecular formula is C16H22F2N2O. The molecule has 1 aromatic carbocycles. The van der Waals surface area contributed by atoms with Crippen molar-refractivity contribution >= 4 is 5.91 Å². The molecule has 3 atom stereocenters. The topological polar surface area (TPSA) is 32.3 Å². The van der Waals surface area contributed by atoms with Gasteiger partial charge in [0.25, 0.3) is 0 Å². The molecule has 1 aromatic rings. The summed E-state index contributed by atoms with van der Waals surface area (Å²) in [4.78, 5) is 14.2. The first kappa shape index (κ1) is 15.9. The second-order valence-corrected chi connectivity index (χ2v) is 5.92. The number of nitrogens with one attached hydrogen (secondary N) is 1. The molecule has 1 aliphatic rings. The summed E-state index contributed by atoms with van der Waals surface area (Å²) in [6.45, 7) is 7.87. The lowest BCUT2D eigenvalue weighted by molar-refractivity contribution is -0.133. The number of carbonyl (C=O) groups excluding carboxylic acids is 1. The van der Waals surface area contributed by atoms with Crippen LogP contribution >= 0.6 is 0 Å². The highest BCUT2D eigenvalue weighted by Gasteiger charge is 2.42. The van der Waals surface area contributed by atoms with Crippen LogP contribution in [0.25, 0.3) is 0 Å².